The van der Waals surface area contributed by atoms with Crippen LogP contribution in [0, 0.1) is 23.2 Å². The van der Waals surface area contributed by atoms with E-state index in [2.05, 4.69) is 51.9 Å². The van der Waals surface area contributed by atoms with Crippen LogP contribution in [0.15, 0.2) is 0 Å². The lowest BCUT2D eigenvalue weighted by molar-refractivity contribution is 0.0873. The van der Waals surface area contributed by atoms with Crippen LogP contribution in [0.1, 0.15) is 60.3 Å². The van der Waals surface area contributed by atoms with Crippen molar-refractivity contribution in [1.29, 1.82) is 0 Å². The van der Waals surface area contributed by atoms with E-state index in [0.29, 0.717) is 5.41 Å². The lowest BCUT2D eigenvalue weighted by Crippen LogP contribution is -2.47. The molecule has 1 heterocycles. The summed E-state index contributed by atoms with van der Waals surface area (Å²) in [4.78, 5) is 2.75. The van der Waals surface area contributed by atoms with Crippen molar-refractivity contribution in [2.45, 2.75) is 72.4 Å². The predicted molar refractivity (Wildman–Crippen MR) is 87.9 cm³/mol. The fraction of sp³-hybridized carbons (Fsp3) is 1.00. The number of hydrogen-bond donors (Lipinski definition) is 1. The summed E-state index contributed by atoms with van der Waals surface area (Å²) < 4.78 is 0. The number of nitrogens with zero attached hydrogens (tertiary/aromatic N) is 1. The van der Waals surface area contributed by atoms with Gasteiger partial charge in [0.2, 0.25) is 0 Å². The molecule has 0 aromatic carbocycles. The summed E-state index contributed by atoms with van der Waals surface area (Å²) in [6.07, 6.45) is 5.56. The summed E-state index contributed by atoms with van der Waals surface area (Å²) in [6, 6.07) is 1.52. The van der Waals surface area contributed by atoms with Gasteiger partial charge in [-0.3, -0.25) is 0 Å². The minimum absolute atomic E-state index is 0.473. The van der Waals surface area contributed by atoms with Crippen LogP contribution in [0.5, 0.6) is 0 Å². The second kappa shape index (κ2) is 6.36. The van der Waals surface area contributed by atoms with Crippen molar-refractivity contribution in [2.75, 3.05) is 20.1 Å². The first-order chi connectivity index (χ1) is 9.31. The number of rotatable bonds is 3. The Kier molecular flexibility index (Phi) is 5.18. The first-order valence-electron chi connectivity index (χ1n) is 8.72. The summed E-state index contributed by atoms with van der Waals surface area (Å²) in [7, 11) is 2.16. The van der Waals surface area contributed by atoms with Gasteiger partial charge in [0.25, 0.3) is 0 Å². The monoisotopic (exact) mass is 280 g/mol. The molecule has 1 saturated carbocycles. The van der Waals surface area contributed by atoms with Crippen molar-refractivity contribution in [3.8, 4) is 0 Å². The zero-order valence-electron chi connectivity index (χ0n) is 14.6. The van der Waals surface area contributed by atoms with E-state index in [1.54, 1.807) is 0 Å². The van der Waals surface area contributed by atoms with Gasteiger partial charge in [-0.25, -0.2) is 0 Å². The van der Waals surface area contributed by atoms with Crippen molar-refractivity contribution in [3.05, 3.63) is 0 Å². The van der Waals surface area contributed by atoms with Crippen molar-refractivity contribution in [1.82, 2.24) is 10.2 Å². The summed E-state index contributed by atoms with van der Waals surface area (Å²) >= 11 is 0. The van der Waals surface area contributed by atoms with Gasteiger partial charge in [-0.1, -0.05) is 27.7 Å². The Balaban J connectivity index is 1.98. The molecule has 5 atom stereocenters. The predicted octanol–water partition coefficient (Wildman–Crippen LogP) is 3.77. The van der Waals surface area contributed by atoms with Crippen LogP contribution in [0.2, 0.25) is 0 Å². The molecule has 2 heteroatoms. The molecule has 1 N–H and O–H groups in total. The SMILES string of the molecule is CNC1CCC(C(C)(C)C)CC1CN1CC(C)CC1C. The van der Waals surface area contributed by atoms with E-state index in [1.807, 2.05) is 0 Å². The number of hydrogen-bond acceptors (Lipinski definition) is 2. The molecule has 0 radical (unpaired) electrons. The van der Waals surface area contributed by atoms with Gasteiger partial charge < -0.3 is 10.2 Å². The van der Waals surface area contributed by atoms with Gasteiger partial charge in [-0.2, -0.15) is 0 Å². The second-order valence-electron chi connectivity index (χ2n) is 8.68. The molecule has 1 aliphatic carbocycles. The minimum atomic E-state index is 0.473. The highest BCUT2D eigenvalue weighted by atomic mass is 15.2. The van der Waals surface area contributed by atoms with Gasteiger partial charge in [0.1, 0.15) is 0 Å². The van der Waals surface area contributed by atoms with E-state index in [-0.39, 0.29) is 0 Å². The quantitative estimate of drug-likeness (QED) is 0.846. The van der Waals surface area contributed by atoms with Crippen LogP contribution in [0.4, 0.5) is 0 Å². The molecular formula is C18H36N2. The molecule has 5 unspecified atom stereocenters. The fourth-order valence-corrected chi connectivity index (χ4v) is 4.57. The topological polar surface area (TPSA) is 15.3 Å². The van der Waals surface area contributed by atoms with E-state index in [0.717, 1.165) is 29.8 Å². The summed E-state index contributed by atoms with van der Waals surface area (Å²) in [6.45, 7) is 14.7. The lowest BCUT2D eigenvalue weighted by atomic mass is 9.67. The number of likely N-dealkylation sites (tertiary alicyclic amines) is 1. The third kappa shape index (κ3) is 3.76. The molecule has 2 rings (SSSR count). The Morgan fingerprint density at radius 3 is 2.30 bits per heavy atom. The molecule has 118 valence electrons. The molecule has 0 bridgehead atoms. The minimum Gasteiger partial charge on any atom is -0.317 e. The van der Waals surface area contributed by atoms with Gasteiger partial charge in [-0.05, 0) is 62.8 Å². The molecular weight excluding hydrogens is 244 g/mol. The van der Waals surface area contributed by atoms with Crippen LogP contribution in [0.3, 0.4) is 0 Å². The maximum atomic E-state index is 3.60. The zero-order valence-corrected chi connectivity index (χ0v) is 14.6. The first-order valence-corrected chi connectivity index (χ1v) is 8.72. The highest BCUT2D eigenvalue weighted by Gasteiger charge is 2.37. The highest BCUT2D eigenvalue weighted by molar-refractivity contribution is 4.92. The standard InChI is InChI=1S/C18H36N2/c1-13-9-14(2)20(11-13)12-15-10-16(18(3,4)5)7-8-17(15)19-6/h13-17,19H,7-12H2,1-6H3. The maximum absolute atomic E-state index is 3.60. The Bertz CT molecular complexity index is 307. The molecule has 0 amide bonds. The van der Waals surface area contributed by atoms with Crippen LogP contribution in [-0.4, -0.2) is 37.1 Å². The van der Waals surface area contributed by atoms with Crippen LogP contribution >= 0.6 is 0 Å². The van der Waals surface area contributed by atoms with Gasteiger partial charge in [-0.15, -0.1) is 0 Å². The zero-order chi connectivity index (χ0) is 14.9. The van der Waals surface area contributed by atoms with E-state index in [4.69, 9.17) is 0 Å². The average molecular weight is 280 g/mol. The van der Waals surface area contributed by atoms with Gasteiger partial charge in [0.05, 0.1) is 0 Å². The largest absolute Gasteiger partial charge is 0.317 e. The molecule has 2 nitrogen and oxygen atoms in total. The Labute approximate surface area is 126 Å². The highest BCUT2D eigenvalue weighted by Crippen LogP contribution is 2.41. The molecule has 2 fully saturated rings. The van der Waals surface area contributed by atoms with E-state index < -0.39 is 0 Å². The fourth-order valence-electron chi connectivity index (χ4n) is 4.57. The smallest absolute Gasteiger partial charge is 0.0105 e. The molecule has 0 aromatic heterocycles. The lowest BCUT2D eigenvalue weighted by Gasteiger charge is -2.43. The summed E-state index contributed by atoms with van der Waals surface area (Å²) in [5.41, 5.74) is 0.473. The number of nitrogens with one attached hydrogen (secondary N) is 1. The second-order valence-corrected chi connectivity index (χ2v) is 8.68. The van der Waals surface area contributed by atoms with E-state index >= 15 is 0 Å². The maximum Gasteiger partial charge on any atom is 0.0105 e. The average Bonchev–Trinajstić information content (AvgIpc) is 2.66. The van der Waals surface area contributed by atoms with Crippen LogP contribution in [-0.2, 0) is 0 Å². The van der Waals surface area contributed by atoms with Crippen molar-refractivity contribution >= 4 is 0 Å². The Hall–Kier alpha value is -0.0800. The van der Waals surface area contributed by atoms with Gasteiger partial charge >= 0.3 is 0 Å². The van der Waals surface area contributed by atoms with Crippen molar-refractivity contribution < 1.29 is 0 Å². The molecule has 0 aromatic rings. The van der Waals surface area contributed by atoms with Gasteiger partial charge in [0, 0.05) is 25.2 Å². The first kappa shape index (κ1) is 16.3. The third-order valence-corrected chi connectivity index (χ3v) is 5.96. The molecule has 0 spiro atoms. The molecule has 1 saturated heterocycles. The molecule has 20 heavy (non-hydrogen) atoms. The van der Waals surface area contributed by atoms with Crippen LogP contribution < -0.4 is 5.32 Å². The molecule has 2 aliphatic rings. The summed E-state index contributed by atoms with van der Waals surface area (Å²) in [5.74, 6) is 2.62. The van der Waals surface area contributed by atoms with E-state index in [9.17, 15) is 0 Å². The van der Waals surface area contributed by atoms with E-state index in [1.165, 1.54) is 38.8 Å². The summed E-state index contributed by atoms with van der Waals surface area (Å²) in [5, 5.41) is 3.60. The Morgan fingerprint density at radius 2 is 1.80 bits per heavy atom. The molecule has 1 aliphatic heterocycles. The Morgan fingerprint density at radius 1 is 1.10 bits per heavy atom. The van der Waals surface area contributed by atoms with Crippen molar-refractivity contribution in [2.24, 2.45) is 23.2 Å². The normalized spacial score (nSPS) is 40.2. The van der Waals surface area contributed by atoms with Crippen LogP contribution in [0.25, 0.3) is 0 Å². The van der Waals surface area contributed by atoms with Crippen molar-refractivity contribution in [3.63, 3.8) is 0 Å². The van der Waals surface area contributed by atoms with Gasteiger partial charge in [0.15, 0.2) is 0 Å². The third-order valence-electron chi connectivity index (χ3n) is 5.96.